The van der Waals surface area contributed by atoms with Crippen LogP contribution in [-0.2, 0) is 6.54 Å². The van der Waals surface area contributed by atoms with Crippen LogP contribution in [0.4, 0.5) is 0 Å². The van der Waals surface area contributed by atoms with E-state index in [-0.39, 0.29) is 6.10 Å². The molecule has 1 heterocycles. The van der Waals surface area contributed by atoms with Crippen molar-refractivity contribution in [1.29, 1.82) is 0 Å². The van der Waals surface area contributed by atoms with Crippen LogP contribution in [0.3, 0.4) is 0 Å². The molecule has 0 spiro atoms. The van der Waals surface area contributed by atoms with Gasteiger partial charge in [0.05, 0.1) is 5.69 Å². The molecule has 88 valence electrons. The minimum Gasteiger partial charge on any atom is -0.486 e. The molecule has 1 atom stereocenters. The summed E-state index contributed by atoms with van der Waals surface area (Å²) in [5.41, 5.74) is 7.53. The van der Waals surface area contributed by atoms with Gasteiger partial charge in [0.2, 0.25) is 0 Å². The number of nitrogens with two attached hydrogens (primary N) is 1. The molecule has 3 nitrogen and oxygen atoms in total. The number of rotatable bonds is 4. The van der Waals surface area contributed by atoms with E-state index in [1.165, 1.54) is 0 Å². The van der Waals surface area contributed by atoms with E-state index in [2.05, 4.69) is 17.1 Å². The second kappa shape index (κ2) is 5.46. The summed E-state index contributed by atoms with van der Waals surface area (Å²) in [6, 6.07) is 13.8. The Hall–Kier alpha value is -1.87. The molecule has 0 aliphatic carbocycles. The van der Waals surface area contributed by atoms with Gasteiger partial charge in [0.1, 0.15) is 11.9 Å². The lowest BCUT2D eigenvalue weighted by Gasteiger charge is -2.15. The highest BCUT2D eigenvalue weighted by molar-refractivity contribution is 5.25. The number of pyridine rings is 1. The third-order valence-corrected chi connectivity index (χ3v) is 2.58. The Morgan fingerprint density at radius 3 is 2.71 bits per heavy atom. The lowest BCUT2D eigenvalue weighted by Crippen LogP contribution is -2.04. The molecular weight excluding hydrogens is 212 g/mol. The van der Waals surface area contributed by atoms with Crippen molar-refractivity contribution in [2.45, 2.75) is 19.6 Å². The quantitative estimate of drug-likeness (QED) is 0.875. The van der Waals surface area contributed by atoms with Crippen molar-refractivity contribution in [3.8, 4) is 5.75 Å². The summed E-state index contributed by atoms with van der Waals surface area (Å²) in [5, 5.41) is 0. The molecule has 0 aliphatic heterocycles. The van der Waals surface area contributed by atoms with Crippen molar-refractivity contribution in [2.24, 2.45) is 5.73 Å². The Bertz CT molecular complexity index is 471. The van der Waals surface area contributed by atoms with Crippen molar-refractivity contribution >= 4 is 0 Å². The number of hydrogen-bond donors (Lipinski definition) is 1. The van der Waals surface area contributed by atoms with E-state index in [1.54, 1.807) is 6.20 Å². The largest absolute Gasteiger partial charge is 0.486 e. The Labute approximate surface area is 101 Å². The molecule has 0 saturated heterocycles. The fourth-order valence-electron chi connectivity index (χ4n) is 1.64. The summed E-state index contributed by atoms with van der Waals surface area (Å²) in [6.07, 6.45) is 1.74. The normalized spacial score (nSPS) is 12.1. The van der Waals surface area contributed by atoms with Gasteiger partial charge in [-0.3, -0.25) is 4.98 Å². The monoisotopic (exact) mass is 228 g/mol. The van der Waals surface area contributed by atoms with Crippen molar-refractivity contribution in [1.82, 2.24) is 4.98 Å². The molecule has 1 aromatic carbocycles. The SMILES string of the molecule is CC(Oc1ccnc(CN)c1)c1ccccc1. The first-order valence-corrected chi connectivity index (χ1v) is 5.66. The van der Waals surface area contributed by atoms with Gasteiger partial charge in [-0.1, -0.05) is 30.3 Å². The van der Waals surface area contributed by atoms with Crippen molar-refractivity contribution in [2.75, 3.05) is 0 Å². The van der Waals surface area contributed by atoms with Gasteiger partial charge < -0.3 is 10.5 Å². The summed E-state index contributed by atoms with van der Waals surface area (Å²) in [6.45, 7) is 2.45. The highest BCUT2D eigenvalue weighted by Gasteiger charge is 2.06. The van der Waals surface area contributed by atoms with Gasteiger partial charge in [-0.15, -0.1) is 0 Å². The zero-order valence-electron chi connectivity index (χ0n) is 9.84. The standard InChI is InChI=1S/C14H16N2O/c1-11(12-5-3-2-4-6-12)17-14-7-8-16-13(9-14)10-15/h2-9,11H,10,15H2,1H3. The second-order valence-electron chi connectivity index (χ2n) is 3.86. The molecule has 1 aromatic heterocycles. The third kappa shape index (κ3) is 3.04. The Kier molecular flexibility index (Phi) is 3.73. The molecule has 2 N–H and O–H groups in total. The van der Waals surface area contributed by atoms with E-state index in [0.717, 1.165) is 17.0 Å². The van der Waals surface area contributed by atoms with Gasteiger partial charge >= 0.3 is 0 Å². The minimum atomic E-state index is 0.0178. The van der Waals surface area contributed by atoms with Crippen molar-refractivity contribution < 1.29 is 4.74 Å². The van der Waals surface area contributed by atoms with Crippen LogP contribution in [0.5, 0.6) is 5.75 Å². The van der Waals surface area contributed by atoms with E-state index in [9.17, 15) is 0 Å². The van der Waals surface area contributed by atoms with Crippen LogP contribution >= 0.6 is 0 Å². The Balaban J connectivity index is 2.10. The first kappa shape index (κ1) is 11.6. The van der Waals surface area contributed by atoms with E-state index < -0.39 is 0 Å². The number of aromatic nitrogens is 1. The summed E-state index contributed by atoms with van der Waals surface area (Å²) < 4.78 is 5.85. The summed E-state index contributed by atoms with van der Waals surface area (Å²) in [4.78, 5) is 4.13. The van der Waals surface area contributed by atoms with Gasteiger partial charge in [0, 0.05) is 18.8 Å². The van der Waals surface area contributed by atoms with Crippen LogP contribution in [0.2, 0.25) is 0 Å². The summed E-state index contributed by atoms with van der Waals surface area (Å²) >= 11 is 0. The molecular formula is C14H16N2O. The Morgan fingerprint density at radius 1 is 1.24 bits per heavy atom. The highest BCUT2D eigenvalue weighted by Crippen LogP contribution is 2.21. The maximum atomic E-state index is 5.85. The molecule has 0 fully saturated rings. The molecule has 17 heavy (non-hydrogen) atoms. The van der Waals surface area contributed by atoms with Crippen molar-refractivity contribution in [3.63, 3.8) is 0 Å². The number of hydrogen-bond acceptors (Lipinski definition) is 3. The molecule has 0 saturated carbocycles. The van der Waals surface area contributed by atoms with Gasteiger partial charge in [-0.05, 0) is 18.6 Å². The van der Waals surface area contributed by atoms with E-state index in [1.807, 2.05) is 37.3 Å². The first-order chi connectivity index (χ1) is 8.29. The molecule has 3 heteroatoms. The zero-order chi connectivity index (χ0) is 12.1. The lowest BCUT2D eigenvalue weighted by atomic mass is 10.1. The summed E-state index contributed by atoms with van der Waals surface area (Å²) in [7, 11) is 0. The third-order valence-electron chi connectivity index (χ3n) is 2.58. The van der Waals surface area contributed by atoms with E-state index in [4.69, 9.17) is 10.5 Å². The average Bonchev–Trinajstić information content (AvgIpc) is 2.40. The Morgan fingerprint density at radius 2 is 2.00 bits per heavy atom. The van der Waals surface area contributed by atoms with Crippen LogP contribution in [-0.4, -0.2) is 4.98 Å². The second-order valence-corrected chi connectivity index (χ2v) is 3.86. The molecule has 2 rings (SSSR count). The molecule has 0 radical (unpaired) electrons. The predicted molar refractivity (Wildman–Crippen MR) is 67.6 cm³/mol. The predicted octanol–water partition coefficient (Wildman–Crippen LogP) is 2.68. The topological polar surface area (TPSA) is 48.1 Å². The highest BCUT2D eigenvalue weighted by atomic mass is 16.5. The van der Waals surface area contributed by atoms with Crippen LogP contribution in [0.15, 0.2) is 48.7 Å². The first-order valence-electron chi connectivity index (χ1n) is 5.66. The number of benzene rings is 1. The fraction of sp³-hybridized carbons (Fsp3) is 0.214. The molecule has 0 aliphatic rings. The van der Waals surface area contributed by atoms with Crippen LogP contribution in [0.1, 0.15) is 24.3 Å². The van der Waals surface area contributed by atoms with Gasteiger partial charge in [0.25, 0.3) is 0 Å². The molecule has 1 unspecified atom stereocenters. The fourth-order valence-corrected chi connectivity index (χ4v) is 1.64. The minimum absolute atomic E-state index is 0.0178. The van der Waals surface area contributed by atoms with Crippen LogP contribution in [0, 0.1) is 0 Å². The average molecular weight is 228 g/mol. The molecule has 2 aromatic rings. The van der Waals surface area contributed by atoms with Gasteiger partial charge in [-0.2, -0.15) is 0 Å². The smallest absolute Gasteiger partial charge is 0.123 e. The van der Waals surface area contributed by atoms with Crippen LogP contribution in [0.25, 0.3) is 0 Å². The zero-order valence-corrected chi connectivity index (χ0v) is 9.84. The van der Waals surface area contributed by atoms with Crippen molar-refractivity contribution in [3.05, 3.63) is 59.9 Å². The van der Waals surface area contributed by atoms with Crippen LogP contribution < -0.4 is 10.5 Å². The lowest BCUT2D eigenvalue weighted by molar-refractivity contribution is 0.226. The van der Waals surface area contributed by atoms with E-state index >= 15 is 0 Å². The number of nitrogens with zero attached hydrogens (tertiary/aromatic N) is 1. The van der Waals surface area contributed by atoms with Gasteiger partial charge in [-0.25, -0.2) is 0 Å². The maximum Gasteiger partial charge on any atom is 0.123 e. The molecule has 0 bridgehead atoms. The maximum absolute atomic E-state index is 5.85. The van der Waals surface area contributed by atoms with Gasteiger partial charge in [0.15, 0.2) is 0 Å². The number of ether oxygens (including phenoxy) is 1. The molecule has 0 amide bonds. The summed E-state index contributed by atoms with van der Waals surface area (Å²) in [5.74, 6) is 0.803. The van der Waals surface area contributed by atoms with E-state index in [0.29, 0.717) is 6.54 Å².